The fraction of sp³-hybridized carbons (Fsp3) is 0.647. The Morgan fingerprint density at radius 2 is 1.71 bits per heavy atom. The summed E-state index contributed by atoms with van der Waals surface area (Å²) in [5, 5.41) is 0. The summed E-state index contributed by atoms with van der Waals surface area (Å²) in [6.07, 6.45) is 1.77. The van der Waals surface area contributed by atoms with Crippen LogP contribution in [0.1, 0.15) is 32.3 Å². The molecule has 21 heavy (non-hydrogen) atoms. The topological polar surface area (TPSA) is 21.7 Å². The standard InChI is InChI=1S/C15H22FNO2.C2H6/c1-11-4-5-14(13(16)10-11)17-8-6-12(7-9-17)15(18-2)19-3;1-2/h4-5,10,12,15H,6-9H2,1-3H3;1-2H3. The summed E-state index contributed by atoms with van der Waals surface area (Å²) in [4.78, 5) is 2.10. The highest BCUT2D eigenvalue weighted by molar-refractivity contribution is 5.49. The molecule has 3 nitrogen and oxygen atoms in total. The zero-order valence-corrected chi connectivity index (χ0v) is 13.9. The Labute approximate surface area is 128 Å². The molecule has 0 aliphatic carbocycles. The first-order chi connectivity index (χ1) is 10.2. The van der Waals surface area contributed by atoms with Gasteiger partial charge in [0.2, 0.25) is 0 Å². The van der Waals surface area contributed by atoms with Crippen LogP contribution in [0.5, 0.6) is 0 Å². The van der Waals surface area contributed by atoms with E-state index in [1.54, 1.807) is 20.3 Å². The number of benzene rings is 1. The Balaban J connectivity index is 0.00000106. The van der Waals surface area contributed by atoms with E-state index in [1.165, 1.54) is 0 Å². The lowest BCUT2D eigenvalue weighted by Crippen LogP contribution is -2.39. The molecule has 1 aromatic rings. The van der Waals surface area contributed by atoms with Gasteiger partial charge in [0.25, 0.3) is 0 Å². The van der Waals surface area contributed by atoms with Crippen molar-refractivity contribution in [1.82, 2.24) is 0 Å². The Kier molecular flexibility index (Phi) is 7.68. The van der Waals surface area contributed by atoms with Gasteiger partial charge in [0.1, 0.15) is 5.82 Å². The van der Waals surface area contributed by atoms with E-state index < -0.39 is 0 Å². The molecule has 0 aromatic heterocycles. The predicted molar refractivity (Wildman–Crippen MR) is 85.2 cm³/mol. The maximum Gasteiger partial charge on any atom is 0.159 e. The Morgan fingerprint density at radius 3 is 2.19 bits per heavy atom. The van der Waals surface area contributed by atoms with Crippen molar-refractivity contribution < 1.29 is 13.9 Å². The third-order valence-corrected chi connectivity index (χ3v) is 3.83. The van der Waals surface area contributed by atoms with Crippen molar-refractivity contribution in [3.63, 3.8) is 0 Å². The van der Waals surface area contributed by atoms with Crippen molar-refractivity contribution >= 4 is 5.69 Å². The van der Waals surface area contributed by atoms with Crippen LogP contribution >= 0.6 is 0 Å². The average molecular weight is 297 g/mol. The Hall–Kier alpha value is -1.13. The van der Waals surface area contributed by atoms with Crippen LogP contribution in [0.15, 0.2) is 18.2 Å². The average Bonchev–Trinajstić information content (AvgIpc) is 2.51. The highest BCUT2D eigenvalue weighted by atomic mass is 19.1. The van der Waals surface area contributed by atoms with E-state index in [2.05, 4.69) is 4.90 Å². The molecule has 4 heteroatoms. The molecule has 1 aliphatic heterocycles. The van der Waals surface area contributed by atoms with E-state index in [1.807, 2.05) is 32.9 Å². The zero-order valence-electron chi connectivity index (χ0n) is 13.9. The van der Waals surface area contributed by atoms with Gasteiger partial charge in [0.15, 0.2) is 6.29 Å². The summed E-state index contributed by atoms with van der Waals surface area (Å²) in [5.74, 6) is 0.258. The van der Waals surface area contributed by atoms with Crippen molar-refractivity contribution in [2.75, 3.05) is 32.2 Å². The molecule has 0 spiro atoms. The largest absolute Gasteiger partial charge is 0.369 e. The first-order valence-corrected chi connectivity index (χ1v) is 7.72. The number of halogens is 1. The SMILES string of the molecule is CC.COC(OC)C1CCN(c2ccc(C)cc2F)CC1. The number of hydrogen-bond donors (Lipinski definition) is 0. The maximum atomic E-state index is 13.9. The van der Waals surface area contributed by atoms with Gasteiger partial charge in [0, 0.05) is 33.2 Å². The van der Waals surface area contributed by atoms with Crippen LogP contribution in [0, 0.1) is 18.7 Å². The van der Waals surface area contributed by atoms with E-state index >= 15 is 0 Å². The molecule has 1 aromatic carbocycles. The van der Waals surface area contributed by atoms with Crippen LogP contribution < -0.4 is 4.90 Å². The maximum absolute atomic E-state index is 13.9. The van der Waals surface area contributed by atoms with E-state index in [0.717, 1.165) is 31.5 Å². The molecule has 1 heterocycles. The third-order valence-electron chi connectivity index (χ3n) is 3.83. The van der Waals surface area contributed by atoms with Crippen molar-refractivity contribution in [1.29, 1.82) is 0 Å². The summed E-state index contributed by atoms with van der Waals surface area (Å²) in [6, 6.07) is 5.42. The molecule has 1 saturated heterocycles. The zero-order chi connectivity index (χ0) is 15.8. The van der Waals surface area contributed by atoms with Gasteiger partial charge in [-0.15, -0.1) is 0 Å². The van der Waals surface area contributed by atoms with Gasteiger partial charge in [-0.1, -0.05) is 19.9 Å². The molecule has 120 valence electrons. The molecule has 0 radical (unpaired) electrons. The molecule has 0 saturated carbocycles. The van der Waals surface area contributed by atoms with Crippen LogP contribution in [0.2, 0.25) is 0 Å². The minimum absolute atomic E-state index is 0.131. The number of piperidine rings is 1. The van der Waals surface area contributed by atoms with E-state index in [-0.39, 0.29) is 12.1 Å². The van der Waals surface area contributed by atoms with Gasteiger partial charge in [-0.3, -0.25) is 0 Å². The molecule has 2 rings (SSSR count). The summed E-state index contributed by atoms with van der Waals surface area (Å²) in [7, 11) is 3.33. The van der Waals surface area contributed by atoms with E-state index in [9.17, 15) is 4.39 Å². The number of anilines is 1. The fourth-order valence-electron chi connectivity index (χ4n) is 2.76. The molecule has 1 aliphatic rings. The predicted octanol–water partition coefficient (Wildman–Crippen LogP) is 4.00. The van der Waals surface area contributed by atoms with Gasteiger partial charge >= 0.3 is 0 Å². The third kappa shape index (κ3) is 4.68. The smallest absolute Gasteiger partial charge is 0.159 e. The highest BCUT2D eigenvalue weighted by Gasteiger charge is 2.27. The van der Waals surface area contributed by atoms with Crippen LogP contribution in [-0.2, 0) is 9.47 Å². The summed E-state index contributed by atoms with van der Waals surface area (Å²) in [5.41, 5.74) is 1.66. The van der Waals surface area contributed by atoms with Crippen LogP contribution in [0.4, 0.5) is 10.1 Å². The molecule has 0 bridgehead atoms. The number of hydrogen-bond acceptors (Lipinski definition) is 3. The van der Waals surface area contributed by atoms with Crippen LogP contribution in [0.25, 0.3) is 0 Å². The van der Waals surface area contributed by atoms with Gasteiger partial charge in [-0.2, -0.15) is 0 Å². The normalized spacial score (nSPS) is 15.9. The Morgan fingerprint density at radius 1 is 1.14 bits per heavy atom. The summed E-state index contributed by atoms with van der Waals surface area (Å²) < 4.78 is 24.5. The monoisotopic (exact) mass is 297 g/mol. The Bertz CT molecular complexity index is 413. The first-order valence-electron chi connectivity index (χ1n) is 7.72. The lowest BCUT2D eigenvalue weighted by molar-refractivity contribution is -0.141. The van der Waals surface area contributed by atoms with Gasteiger partial charge < -0.3 is 14.4 Å². The van der Waals surface area contributed by atoms with Crippen LogP contribution in [0.3, 0.4) is 0 Å². The van der Waals surface area contributed by atoms with E-state index in [0.29, 0.717) is 11.6 Å². The van der Waals surface area contributed by atoms with Crippen molar-refractivity contribution in [2.24, 2.45) is 5.92 Å². The first kappa shape index (κ1) is 17.9. The second-order valence-corrected chi connectivity index (χ2v) is 5.12. The number of rotatable bonds is 4. The quantitative estimate of drug-likeness (QED) is 0.784. The summed E-state index contributed by atoms with van der Waals surface area (Å²) >= 11 is 0. The lowest BCUT2D eigenvalue weighted by Gasteiger charge is -2.36. The summed E-state index contributed by atoms with van der Waals surface area (Å²) in [6.45, 7) is 7.59. The van der Waals surface area contributed by atoms with E-state index in [4.69, 9.17) is 9.47 Å². The number of methoxy groups -OCH3 is 2. The molecular weight excluding hydrogens is 269 g/mol. The van der Waals surface area contributed by atoms with Crippen LogP contribution in [-0.4, -0.2) is 33.6 Å². The van der Waals surface area contributed by atoms with Gasteiger partial charge in [0.05, 0.1) is 5.69 Å². The lowest BCUT2D eigenvalue weighted by atomic mass is 9.95. The van der Waals surface area contributed by atoms with Gasteiger partial charge in [-0.05, 0) is 37.5 Å². The number of nitrogens with zero attached hydrogens (tertiary/aromatic N) is 1. The second kappa shape index (κ2) is 9.00. The number of aryl methyl sites for hydroxylation is 1. The van der Waals surface area contributed by atoms with Crippen molar-refractivity contribution in [3.8, 4) is 0 Å². The molecular formula is C17H28FNO2. The molecule has 0 amide bonds. The molecule has 0 atom stereocenters. The molecule has 1 fully saturated rings. The molecule has 0 N–H and O–H groups in total. The minimum Gasteiger partial charge on any atom is -0.369 e. The van der Waals surface area contributed by atoms with Crippen molar-refractivity contribution in [3.05, 3.63) is 29.6 Å². The molecule has 0 unspecified atom stereocenters. The highest BCUT2D eigenvalue weighted by Crippen LogP contribution is 2.28. The van der Waals surface area contributed by atoms with Crippen molar-refractivity contribution in [2.45, 2.75) is 39.9 Å². The minimum atomic E-state index is -0.148. The number of ether oxygens (including phenoxy) is 2. The van der Waals surface area contributed by atoms with Gasteiger partial charge in [-0.25, -0.2) is 4.39 Å². The fourth-order valence-corrected chi connectivity index (χ4v) is 2.76. The second-order valence-electron chi connectivity index (χ2n) is 5.12.